The Hall–Kier alpha value is -0.790. The zero-order valence-electron chi connectivity index (χ0n) is 9.58. The highest BCUT2D eigenvalue weighted by atomic mass is 127. The number of carbonyl (C=O) groups excluding carboxylic acids is 1. The molecule has 0 saturated heterocycles. The van der Waals surface area contributed by atoms with E-state index in [1.165, 1.54) is 0 Å². The molecule has 0 aliphatic carbocycles. The van der Waals surface area contributed by atoms with Gasteiger partial charge in [0.2, 0.25) is 0 Å². The molecule has 2 N–H and O–H groups in total. The second kappa shape index (κ2) is 6.58. The summed E-state index contributed by atoms with van der Waals surface area (Å²) in [4.78, 5) is 11.9. The van der Waals surface area contributed by atoms with Crippen molar-refractivity contribution in [2.45, 2.75) is 0 Å². The molecular weight excluding hydrogens is 442 g/mol. The van der Waals surface area contributed by atoms with Crippen LogP contribution in [0, 0.1) is 3.57 Å². The minimum Gasteiger partial charge on any atom is -0.307 e. The average molecular weight is 451 g/mol. The highest BCUT2D eigenvalue weighted by molar-refractivity contribution is 14.1. The monoisotopic (exact) mass is 450 g/mol. The molecule has 0 aliphatic heterocycles. The summed E-state index contributed by atoms with van der Waals surface area (Å²) in [6.07, 6.45) is 0. The summed E-state index contributed by atoms with van der Waals surface area (Å²) in [5, 5.41) is 5.97. The topological polar surface area (TPSA) is 41.1 Å². The van der Waals surface area contributed by atoms with E-state index in [1.807, 2.05) is 30.3 Å². The number of halogens is 3. The van der Waals surface area contributed by atoms with Gasteiger partial charge in [0.05, 0.1) is 16.4 Å². The summed E-state index contributed by atoms with van der Waals surface area (Å²) in [7, 11) is 0. The van der Waals surface area contributed by atoms with Gasteiger partial charge in [0.1, 0.15) is 0 Å². The highest BCUT2D eigenvalue weighted by Crippen LogP contribution is 2.25. The van der Waals surface area contributed by atoms with Crippen molar-refractivity contribution < 1.29 is 4.79 Å². The first-order valence-corrected chi connectivity index (χ1v) is 7.59. The summed E-state index contributed by atoms with van der Waals surface area (Å²) in [6, 6.07) is 12.4. The molecule has 3 nitrogen and oxygen atoms in total. The summed E-state index contributed by atoms with van der Waals surface area (Å²) >= 11 is 11.5. The van der Waals surface area contributed by atoms with Crippen molar-refractivity contribution in [2.24, 2.45) is 0 Å². The van der Waals surface area contributed by atoms with Gasteiger partial charge in [-0.2, -0.15) is 0 Å². The lowest BCUT2D eigenvalue weighted by Gasteiger charge is -2.10. The quantitative estimate of drug-likeness (QED) is 0.594. The highest BCUT2D eigenvalue weighted by Gasteiger charge is 2.07. The number of anilines is 2. The van der Waals surface area contributed by atoms with Crippen LogP contribution >= 0.6 is 50.1 Å². The third kappa shape index (κ3) is 4.09. The summed E-state index contributed by atoms with van der Waals surface area (Å²) in [6.45, 7) is 0. The Bertz CT molecular complexity index is 621. The van der Waals surface area contributed by atoms with E-state index >= 15 is 0 Å². The smallest absolute Gasteiger partial charge is 0.307 e. The largest absolute Gasteiger partial charge is 0.323 e. The van der Waals surface area contributed by atoms with E-state index in [2.05, 4.69) is 49.2 Å². The number of para-hydroxylation sites is 1. The third-order valence-corrected chi connectivity index (χ3v) is 3.99. The van der Waals surface area contributed by atoms with E-state index < -0.39 is 0 Å². The van der Waals surface area contributed by atoms with Gasteiger partial charge < -0.3 is 10.6 Å². The molecule has 0 spiro atoms. The van der Waals surface area contributed by atoms with Crippen LogP contribution in [0.2, 0.25) is 5.02 Å². The zero-order chi connectivity index (χ0) is 13.8. The molecule has 0 unspecified atom stereocenters. The fourth-order valence-electron chi connectivity index (χ4n) is 1.43. The summed E-state index contributed by atoms with van der Waals surface area (Å²) in [5.41, 5.74) is 1.28. The van der Waals surface area contributed by atoms with Gasteiger partial charge in [-0.05, 0) is 68.9 Å². The molecule has 0 bridgehead atoms. The van der Waals surface area contributed by atoms with Crippen LogP contribution in [0.15, 0.2) is 46.9 Å². The van der Waals surface area contributed by atoms with Gasteiger partial charge in [0.15, 0.2) is 0 Å². The molecule has 19 heavy (non-hydrogen) atoms. The third-order valence-electron chi connectivity index (χ3n) is 2.30. The van der Waals surface area contributed by atoms with E-state index in [0.29, 0.717) is 16.4 Å². The lowest BCUT2D eigenvalue weighted by Crippen LogP contribution is -2.19. The Morgan fingerprint density at radius 3 is 2.53 bits per heavy atom. The molecular formula is C13H9BrClIN2O. The van der Waals surface area contributed by atoms with Crippen molar-refractivity contribution in [3.63, 3.8) is 0 Å². The molecule has 0 aromatic heterocycles. The van der Waals surface area contributed by atoms with Gasteiger partial charge in [0.25, 0.3) is 0 Å². The van der Waals surface area contributed by atoms with Gasteiger partial charge in [0, 0.05) is 8.04 Å². The standard InChI is InChI=1S/C13H9BrClIN2O/c14-9-6-5-8(16)7-12(9)18-13(19)17-11-4-2-1-3-10(11)15/h1-7H,(H2,17,18,19). The maximum atomic E-state index is 11.9. The van der Waals surface area contributed by atoms with E-state index in [0.717, 1.165) is 8.04 Å². The van der Waals surface area contributed by atoms with Gasteiger partial charge in [-0.25, -0.2) is 4.79 Å². The van der Waals surface area contributed by atoms with Crippen LogP contribution in [0.3, 0.4) is 0 Å². The van der Waals surface area contributed by atoms with Gasteiger partial charge in [-0.3, -0.25) is 0 Å². The Morgan fingerprint density at radius 1 is 1.11 bits per heavy atom. The minimum absolute atomic E-state index is 0.337. The number of amides is 2. The van der Waals surface area contributed by atoms with Crippen molar-refractivity contribution >= 4 is 67.5 Å². The fourth-order valence-corrected chi connectivity index (χ4v) is 2.45. The van der Waals surface area contributed by atoms with Crippen molar-refractivity contribution in [3.05, 3.63) is 55.5 Å². The second-order valence-corrected chi connectivity index (χ2v) is 6.19. The maximum Gasteiger partial charge on any atom is 0.323 e. The number of urea groups is 1. The predicted molar refractivity (Wildman–Crippen MR) is 91.0 cm³/mol. The Labute approximate surface area is 138 Å². The SMILES string of the molecule is O=C(Nc1ccccc1Cl)Nc1cc(I)ccc1Br. The molecule has 2 amide bonds. The van der Waals surface area contributed by atoms with E-state index in [4.69, 9.17) is 11.6 Å². The molecule has 0 atom stereocenters. The Kier molecular flexibility index (Phi) is 5.06. The normalized spacial score (nSPS) is 10.1. The minimum atomic E-state index is -0.337. The van der Waals surface area contributed by atoms with Crippen LogP contribution in [-0.4, -0.2) is 6.03 Å². The summed E-state index contributed by atoms with van der Waals surface area (Å²) in [5.74, 6) is 0. The lowest BCUT2D eigenvalue weighted by atomic mass is 10.3. The van der Waals surface area contributed by atoms with Gasteiger partial charge in [-0.15, -0.1) is 0 Å². The zero-order valence-corrected chi connectivity index (χ0v) is 14.1. The maximum absolute atomic E-state index is 11.9. The van der Waals surface area contributed by atoms with Crippen LogP contribution in [0.4, 0.5) is 16.2 Å². The molecule has 0 radical (unpaired) electrons. The fraction of sp³-hybridized carbons (Fsp3) is 0. The van der Waals surface area contributed by atoms with Gasteiger partial charge >= 0.3 is 6.03 Å². The molecule has 0 saturated carbocycles. The Balaban J connectivity index is 2.10. The van der Waals surface area contributed by atoms with Crippen molar-refractivity contribution in [3.8, 4) is 0 Å². The van der Waals surface area contributed by atoms with Crippen LogP contribution < -0.4 is 10.6 Å². The number of nitrogens with one attached hydrogen (secondary N) is 2. The van der Waals surface area contributed by atoms with E-state index in [9.17, 15) is 4.79 Å². The van der Waals surface area contributed by atoms with Crippen LogP contribution in [0.25, 0.3) is 0 Å². The molecule has 0 heterocycles. The van der Waals surface area contributed by atoms with Crippen molar-refractivity contribution in [1.82, 2.24) is 0 Å². The molecule has 6 heteroatoms. The van der Waals surface area contributed by atoms with Crippen molar-refractivity contribution in [2.75, 3.05) is 10.6 Å². The van der Waals surface area contributed by atoms with Gasteiger partial charge in [-0.1, -0.05) is 23.7 Å². The van der Waals surface area contributed by atoms with Crippen molar-refractivity contribution in [1.29, 1.82) is 0 Å². The number of hydrogen-bond acceptors (Lipinski definition) is 1. The second-order valence-electron chi connectivity index (χ2n) is 3.68. The lowest BCUT2D eigenvalue weighted by molar-refractivity contribution is 0.262. The first kappa shape index (κ1) is 14.6. The van der Waals surface area contributed by atoms with Crippen LogP contribution in [-0.2, 0) is 0 Å². The number of carbonyl (C=O) groups is 1. The van der Waals surface area contributed by atoms with E-state index in [1.54, 1.807) is 12.1 Å². The molecule has 0 fully saturated rings. The average Bonchev–Trinajstić information content (AvgIpc) is 2.37. The molecule has 2 aromatic carbocycles. The van der Waals surface area contributed by atoms with Crippen LogP contribution in [0.1, 0.15) is 0 Å². The predicted octanol–water partition coefficient (Wildman–Crippen LogP) is 5.35. The molecule has 2 aromatic rings. The molecule has 0 aliphatic rings. The first-order chi connectivity index (χ1) is 9.06. The number of rotatable bonds is 2. The molecule has 98 valence electrons. The first-order valence-electron chi connectivity index (χ1n) is 5.34. The molecule has 2 rings (SSSR count). The number of hydrogen-bond donors (Lipinski definition) is 2. The number of benzene rings is 2. The Morgan fingerprint density at radius 2 is 1.79 bits per heavy atom. The summed E-state index contributed by atoms with van der Waals surface area (Å²) < 4.78 is 1.86. The van der Waals surface area contributed by atoms with E-state index in [-0.39, 0.29) is 6.03 Å². The van der Waals surface area contributed by atoms with Crippen LogP contribution in [0.5, 0.6) is 0 Å².